The molecule has 4 heteroatoms. The number of amides is 2. The Morgan fingerprint density at radius 2 is 1.95 bits per heavy atom. The van der Waals surface area contributed by atoms with Gasteiger partial charge in [-0.1, -0.05) is 50.6 Å². The van der Waals surface area contributed by atoms with Gasteiger partial charge in [-0.05, 0) is 25.3 Å². The van der Waals surface area contributed by atoms with E-state index in [4.69, 9.17) is 4.74 Å². The van der Waals surface area contributed by atoms with Crippen molar-refractivity contribution in [1.29, 1.82) is 0 Å². The normalized spacial score (nSPS) is 23.0. The molecule has 0 aromatic heterocycles. The molecule has 0 spiro atoms. The number of nitrogens with zero attached hydrogens (tertiary/aromatic N) is 1. The molecule has 21 heavy (non-hydrogen) atoms. The van der Waals surface area contributed by atoms with Crippen molar-refractivity contribution < 1.29 is 14.3 Å². The molecule has 0 bridgehead atoms. The molecule has 4 nitrogen and oxygen atoms in total. The second kappa shape index (κ2) is 6.74. The van der Waals surface area contributed by atoms with E-state index in [1.165, 1.54) is 4.90 Å². The first-order valence-electron chi connectivity index (χ1n) is 7.68. The summed E-state index contributed by atoms with van der Waals surface area (Å²) < 4.78 is 5.43. The van der Waals surface area contributed by atoms with Crippen LogP contribution in [0.1, 0.15) is 51.7 Å². The monoisotopic (exact) mass is 289 g/mol. The van der Waals surface area contributed by atoms with Gasteiger partial charge >= 0.3 is 6.09 Å². The van der Waals surface area contributed by atoms with Gasteiger partial charge in [0.25, 0.3) is 0 Å². The summed E-state index contributed by atoms with van der Waals surface area (Å²) in [6.07, 6.45) is 1.60. The summed E-state index contributed by atoms with van der Waals surface area (Å²) in [5.41, 5.74) is 0.928. The quantitative estimate of drug-likeness (QED) is 0.825. The summed E-state index contributed by atoms with van der Waals surface area (Å²) in [5, 5.41) is 0. The van der Waals surface area contributed by atoms with Crippen LogP contribution in [0, 0.1) is 5.92 Å². The van der Waals surface area contributed by atoms with Crippen molar-refractivity contribution in [2.75, 3.05) is 0 Å². The predicted molar refractivity (Wildman–Crippen MR) is 80.7 cm³/mol. The van der Waals surface area contributed by atoms with Crippen LogP contribution in [0.4, 0.5) is 4.79 Å². The average Bonchev–Trinajstić information content (AvgIpc) is 2.80. The van der Waals surface area contributed by atoms with Gasteiger partial charge in [0, 0.05) is 5.92 Å². The van der Waals surface area contributed by atoms with Crippen LogP contribution in [0.5, 0.6) is 0 Å². The van der Waals surface area contributed by atoms with Crippen molar-refractivity contribution in [3.63, 3.8) is 0 Å². The van der Waals surface area contributed by atoms with Gasteiger partial charge in [-0.3, -0.25) is 4.79 Å². The highest BCUT2D eigenvalue weighted by molar-refractivity contribution is 5.95. The van der Waals surface area contributed by atoms with Gasteiger partial charge in [0.05, 0.1) is 6.04 Å². The zero-order valence-corrected chi connectivity index (χ0v) is 12.9. The molecule has 0 N–H and O–H groups in total. The minimum atomic E-state index is -0.518. The number of benzene rings is 1. The van der Waals surface area contributed by atoms with E-state index in [9.17, 15) is 9.59 Å². The van der Waals surface area contributed by atoms with Crippen LogP contribution in [-0.2, 0) is 9.53 Å². The number of hydrogen-bond acceptors (Lipinski definition) is 3. The minimum Gasteiger partial charge on any atom is -0.439 e. The fraction of sp³-hybridized carbons (Fsp3) is 0.529. The van der Waals surface area contributed by atoms with Gasteiger partial charge in [0.15, 0.2) is 0 Å². The van der Waals surface area contributed by atoms with E-state index in [-0.39, 0.29) is 24.0 Å². The topological polar surface area (TPSA) is 46.6 Å². The third-order valence-corrected chi connectivity index (χ3v) is 4.11. The van der Waals surface area contributed by atoms with Crippen LogP contribution in [0.25, 0.3) is 0 Å². The molecule has 1 fully saturated rings. The molecule has 1 aliphatic heterocycles. The highest BCUT2D eigenvalue weighted by Gasteiger charge is 2.44. The molecule has 1 aromatic rings. The number of carbonyl (C=O) groups excluding carboxylic acids is 2. The molecule has 1 aliphatic rings. The molecule has 0 aliphatic carbocycles. The molecule has 0 unspecified atom stereocenters. The maximum Gasteiger partial charge on any atom is 0.417 e. The van der Waals surface area contributed by atoms with Gasteiger partial charge in [-0.25, -0.2) is 9.69 Å². The van der Waals surface area contributed by atoms with Crippen LogP contribution in [0.2, 0.25) is 0 Å². The Kier molecular flexibility index (Phi) is 4.99. The van der Waals surface area contributed by atoms with Gasteiger partial charge in [0.1, 0.15) is 6.10 Å². The predicted octanol–water partition coefficient (Wildman–Crippen LogP) is 3.92. The standard InChI is InChI=1S/C17H23NO3/c1-4-9-13(5-2)16(19)18-12(3)15(21-17(18)20)14-10-7-6-8-11-14/h6-8,10-13,15H,4-5,9H2,1-3H3/t12-,13-,15-/m0/s1. The Labute approximate surface area is 126 Å². The van der Waals surface area contributed by atoms with Crippen molar-refractivity contribution in [2.24, 2.45) is 5.92 Å². The molecule has 3 atom stereocenters. The molecule has 0 saturated carbocycles. The summed E-state index contributed by atoms with van der Waals surface area (Å²) in [5.74, 6) is -0.199. The molecular weight excluding hydrogens is 266 g/mol. The fourth-order valence-electron chi connectivity index (χ4n) is 2.89. The lowest BCUT2D eigenvalue weighted by Crippen LogP contribution is -2.41. The molecule has 1 heterocycles. The number of carbonyl (C=O) groups is 2. The smallest absolute Gasteiger partial charge is 0.417 e. The molecule has 1 saturated heterocycles. The largest absolute Gasteiger partial charge is 0.439 e. The molecule has 114 valence electrons. The molecular formula is C17H23NO3. The summed E-state index contributed by atoms with van der Waals surface area (Å²) in [6, 6.07) is 9.32. The van der Waals surface area contributed by atoms with Crippen LogP contribution in [-0.4, -0.2) is 22.9 Å². The first-order chi connectivity index (χ1) is 10.1. The summed E-state index contributed by atoms with van der Waals surface area (Å²) >= 11 is 0. The summed E-state index contributed by atoms with van der Waals surface area (Å²) in [6.45, 7) is 5.91. The Hall–Kier alpha value is -1.84. The zero-order valence-electron chi connectivity index (χ0n) is 12.9. The van der Waals surface area contributed by atoms with Crippen molar-refractivity contribution >= 4 is 12.0 Å². The lowest BCUT2D eigenvalue weighted by molar-refractivity contribution is -0.133. The highest BCUT2D eigenvalue weighted by atomic mass is 16.6. The number of cyclic esters (lactones) is 1. The van der Waals surface area contributed by atoms with E-state index in [0.717, 1.165) is 24.8 Å². The van der Waals surface area contributed by atoms with E-state index >= 15 is 0 Å². The van der Waals surface area contributed by atoms with Gasteiger partial charge in [-0.2, -0.15) is 0 Å². The lowest BCUT2D eigenvalue weighted by atomic mass is 9.97. The van der Waals surface area contributed by atoms with Gasteiger partial charge in [-0.15, -0.1) is 0 Å². The van der Waals surface area contributed by atoms with Crippen molar-refractivity contribution in [3.05, 3.63) is 35.9 Å². The van der Waals surface area contributed by atoms with Gasteiger partial charge in [0.2, 0.25) is 5.91 Å². The van der Waals surface area contributed by atoms with E-state index in [0.29, 0.717) is 0 Å². The minimum absolute atomic E-state index is 0.0977. The first kappa shape index (κ1) is 15.5. The Bertz CT molecular complexity index is 500. The van der Waals surface area contributed by atoms with Gasteiger partial charge < -0.3 is 4.74 Å². The van der Waals surface area contributed by atoms with Crippen molar-refractivity contribution in [1.82, 2.24) is 4.90 Å². The molecule has 2 rings (SSSR count). The second-order valence-electron chi connectivity index (χ2n) is 5.56. The number of ether oxygens (including phenoxy) is 1. The zero-order chi connectivity index (χ0) is 15.4. The van der Waals surface area contributed by atoms with E-state index in [1.807, 2.05) is 44.2 Å². The SMILES string of the molecule is CCC[C@H](CC)C(=O)N1C(=O)O[C@H](c2ccccc2)[C@@H]1C. The van der Waals surface area contributed by atoms with Crippen LogP contribution in [0.3, 0.4) is 0 Å². The maximum atomic E-state index is 12.6. The van der Waals surface area contributed by atoms with Crippen LogP contribution >= 0.6 is 0 Å². The van der Waals surface area contributed by atoms with E-state index in [2.05, 4.69) is 6.92 Å². The molecule has 1 aromatic carbocycles. The van der Waals surface area contributed by atoms with E-state index < -0.39 is 6.09 Å². The first-order valence-corrected chi connectivity index (χ1v) is 7.68. The fourth-order valence-corrected chi connectivity index (χ4v) is 2.89. The second-order valence-corrected chi connectivity index (χ2v) is 5.56. The number of hydrogen-bond donors (Lipinski definition) is 0. The maximum absolute atomic E-state index is 12.6. The highest BCUT2D eigenvalue weighted by Crippen LogP contribution is 2.33. The van der Waals surface area contributed by atoms with Crippen molar-refractivity contribution in [3.8, 4) is 0 Å². The van der Waals surface area contributed by atoms with Crippen LogP contribution < -0.4 is 0 Å². The Morgan fingerprint density at radius 3 is 2.52 bits per heavy atom. The summed E-state index contributed by atoms with van der Waals surface area (Å²) in [7, 11) is 0. The third-order valence-electron chi connectivity index (χ3n) is 4.11. The lowest BCUT2D eigenvalue weighted by Gasteiger charge is -2.23. The molecule has 2 amide bonds. The average molecular weight is 289 g/mol. The molecule has 0 radical (unpaired) electrons. The Morgan fingerprint density at radius 1 is 1.29 bits per heavy atom. The number of imide groups is 1. The Balaban J connectivity index is 2.18. The van der Waals surface area contributed by atoms with E-state index in [1.54, 1.807) is 0 Å². The van der Waals surface area contributed by atoms with Crippen LogP contribution in [0.15, 0.2) is 30.3 Å². The van der Waals surface area contributed by atoms with Crippen molar-refractivity contribution in [2.45, 2.75) is 52.2 Å². The third kappa shape index (κ3) is 3.09. The number of rotatable bonds is 5. The summed E-state index contributed by atoms with van der Waals surface area (Å²) in [4.78, 5) is 26.0.